The van der Waals surface area contributed by atoms with E-state index >= 15 is 0 Å². The van der Waals surface area contributed by atoms with Gasteiger partial charge in [0.25, 0.3) is 6.48 Å². The first-order valence-corrected chi connectivity index (χ1v) is 9.86. The molecule has 0 aliphatic heterocycles. The van der Waals surface area contributed by atoms with Gasteiger partial charge in [0.1, 0.15) is 0 Å². The first-order valence-electron chi connectivity index (χ1n) is 8.29. The van der Waals surface area contributed by atoms with Crippen LogP contribution in [0.25, 0.3) is 0 Å². The van der Waals surface area contributed by atoms with Crippen LogP contribution in [0.2, 0.25) is 6.04 Å². The summed E-state index contributed by atoms with van der Waals surface area (Å²) in [5.41, 5.74) is -0.752. The standard InChI is InChI=1S/C16H23F5O3Si/c1-3-22-16(23-4-2)24-25-9-7-5-6-8-10-11(17)13(19)15(21)14(20)12(10)18/h16H,3-9,25H2,1-2H3. The average molecular weight is 386 g/mol. The molecule has 1 aromatic rings. The largest absolute Gasteiger partial charge is 0.379 e. The van der Waals surface area contributed by atoms with Crippen molar-refractivity contribution in [2.24, 2.45) is 0 Å². The Morgan fingerprint density at radius 1 is 0.760 bits per heavy atom. The van der Waals surface area contributed by atoms with Gasteiger partial charge in [-0.1, -0.05) is 12.8 Å². The average Bonchev–Trinajstić information content (AvgIpc) is 2.60. The van der Waals surface area contributed by atoms with Crippen molar-refractivity contribution in [2.45, 2.75) is 52.1 Å². The van der Waals surface area contributed by atoms with E-state index in [4.69, 9.17) is 13.9 Å². The Morgan fingerprint density at radius 2 is 1.28 bits per heavy atom. The van der Waals surface area contributed by atoms with Crippen molar-refractivity contribution in [2.75, 3.05) is 13.2 Å². The molecule has 0 atom stereocenters. The first kappa shape index (κ1) is 22.0. The molecule has 0 fully saturated rings. The Balaban J connectivity index is 2.33. The molecule has 9 heteroatoms. The van der Waals surface area contributed by atoms with E-state index in [0.29, 0.717) is 26.1 Å². The molecule has 0 aliphatic carbocycles. The summed E-state index contributed by atoms with van der Waals surface area (Å²) in [7, 11) is -0.869. The topological polar surface area (TPSA) is 27.7 Å². The molecular weight excluding hydrogens is 363 g/mol. The van der Waals surface area contributed by atoms with Crippen LogP contribution in [-0.4, -0.2) is 29.5 Å². The van der Waals surface area contributed by atoms with Gasteiger partial charge in [0.05, 0.1) is 0 Å². The monoisotopic (exact) mass is 386 g/mol. The zero-order valence-electron chi connectivity index (χ0n) is 14.3. The van der Waals surface area contributed by atoms with E-state index in [9.17, 15) is 22.0 Å². The summed E-state index contributed by atoms with van der Waals surface area (Å²) in [5, 5.41) is 0. The van der Waals surface area contributed by atoms with Gasteiger partial charge in [-0.15, -0.1) is 0 Å². The Labute approximate surface area is 146 Å². The normalized spacial score (nSPS) is 12.0. The van der Waals surface area contributed by atoms with Crippen LogP contribution in [0, 0.1) is 29.1 Å². The number of rotatable bonds is 12. The van der Waals surface area contributed by atoms with Gasteiger partial charge in [0.15, 0.2) is 33.0 Å². The highest BCUT2D eigenvalue weighted by Gasteiger charge is 2.24. The molecule has 0 N–H and O–H groups in total. The van der Waals surface area contributed by atoms with Crippen molar-refractivity contribution in [3.05, 3.63) is 34.6 Å². The summed E-state index contributed by atoms with van der Waals surface area (Å²) in [4.78, 5) is 0. The SMILES string of the molecule is CCOC(OCC)O[SiH2]CCCCCc1c(F)c(F)c(F)c(F)c1F. The number of hydrogen-bond acceptors (Lipinski definition) is 3. The third kappa shape index (κ3) is 6.65. The lowest BCUT2D eigenvalue weighted by molar-refractivity contribution is -0.243. The predicted molar refractivity (Wildman–Crippen MR) is 85.3 cm³/mol. The predicted octanol–water partition coefficient (Wildman–Crippen LogP) is 3.97. The fraction of sp³-hybridized carbons (Fsp3) is 0.625. The third-order valence-corrected chi connectivity index (χ3v) is 4.78. The van der Waals surface area contributed by atoms with Crippen LogP contribution < -0.4 is 0 Å². The van der Waals surface area contributed by atoms with Gasteiger partial charge in [-0.3, -0.25) is 0 Å². The molecule has 0 radical (unpaired) electrons. The van der Waals surface area contributed by atoms with E-state index in [1.54, 1.807) is 0 Å². The van der Waals surface area contributed by atoms with E-state index in [2.05, 4.69) is 0 Å². The molecule has 0 bridgehead atoms. The molecule has 0 aliphatic rings. The summed E-state index contributed by atoms with van der Waals surface area (Å²) in [5.74, 6) is -9.41. The molecule has 0 saturated heterocycles. The Bertz CT molecular complexity index is 510. The van der Waals surface area contributed by atoms with E-state index in [1.165, 1.54) is 0 Å². The smallest absolute Gasteiger partial charge is 0.261 e. The maximum absolute atomic E-state index is 13.5. The fourth-order valence-corrected chi connectivity index (χ4v) is 3.33. The van der Waals surface area contributed by atoms with Crippen molar-refractivity contribution in [1.82, 2.24) is 0 Å². The maximum atomic E-state index is 13.5. The van der Waals surface area contributed by atoms with Gasteiger partial charge in [-0.05, 0) is 32.7 Å². The second kappa shape index (κ2) is 11.6. The molecule has 144 valence electrons. The number of ether oxygens (including phenoxy) is 2. The molecule has 0 saturated carbocycles. The van der Waals surface area contributed by atoms with Crippen LogP contribution in [0.5, 0.6) is 0 Å². The lowest BCUT2D eigenvalue weighted by Crippen LogP contribution is -2.22. The van der Waals surface area contributed by atoms with Gasteiger partial charge < -0.3 is 13.9 Å². The summed E-state index contributed by atoms with van der Waals surface area (Å²) >= 11 is 0. The number of unbranched alkanes of at least 4 members (excludes halogenated alkanes) is 2. The van der Waals surface area contributed by atoms with Crippen molar-refractivity contribution in [3.63, 3.8) is 0 Å². The van der Waals surface area contributed by atoms with Gasteiger partial charge in [0.2, 0.25) is 5.82 Å². The van der Waals surface area contributed by atoms with Crippen LogP contribution >= 0.6 is 0 Å². The first-order chi connectivity index (χ1) is 11.9. The Morgan fingerprint density at radius 3 is 1.80 bits per heavy atom. The lowest BCUT2D eigenvalue weighted by atomic mass is 10.1. The van der Waals surface area contributed by atoms with Crippen LogP contribution in [0.1, 0.15) is 38.7 Å². The minimum Gasteiger partial charge on any atom is -0.379 e. The lowest BCUT2D eigenvalue weighted by Gasteiger charge is -2.17. The van der Waals surface area contributed by atoms with E-state index in [0.717, 1.165) is 12.5 Å². The molecule has 0 spiro atoms. The second-order valence-corrected chi connectivity index (χ2v) is 6.73. The highest BCUT2D eigenvalue weighted by atomic mass is 28.2. The van der Waals surface area contributed by atoms with E-state index in [1.807, 2.05) is 13.8 Å². The van der Waals surface area contributed by atoms with E-state index < -0.39 is 50.9 Å². The molecule has 0 heterocycles. The highest BCUT2D eigenvalue weighted by Crippen LogP contribution is 2.24. The number of hydrogen-bond donors (Lipinski definition) is 0. The van der Waals surface area contributed by atoms with Crippen LogP contribution in [0.3, 0.4) is 0 Å². The van der Waals surface area contributed by atoms with Gasteiger partial charge >= 0.3 is 0 Å². The van der Waals surface area contributed by atoms with Crippen LogP contribution in [0.4, 0.5) is 22.0 Å². The third-order valence-electron chi connectivity index (χ3n) is 3.48. The quantitative estimate of drug-likeness (QED) is 0.136. The molecule has 0 amide bonds. The minimum atomic E-state index is -2.12. The Kier molecular flexibility index (Phi) is 10.2. The molecule has 3 nitrogen and oxygen atoms in total. The van der Waals surface area contributed by atoms with Crippen LogP contribution in [-0.2, 0) is 20.3 Å². The summed E-state index contributed by atoms with van der Waals surface area (Å²) < 4.78 is 82.1. The highest BCUT2D eigenvalue weighted by molar-refractivity contribution is 6.27. The van der Waals surface area contributed by atoms with Crippen molar-refractivity contribution in [1.29, 1.82) is 0 Å². The van der Waals surface area contributed by atoms with Crippen molar-refractivity contribution in [3.8, 4) is 0 Å². The summed E-state index contributed by atoms with van der Waals surface area (Å²) in [6.07, 6.45) is 1.47. The second-order valence-electron chi connectivity index (χ2n) is 5.28. The van der Waals surface area contributed by atoms with Gasteiger partial charge in [0, 0.05) is 18.8 Å². The summed E-state index contributed by atoms with van der Waals surface area (Å²) in [6.45, 7) is 3.95. The number of halogens is 5. The molecule has 1 aromatic carbocycles. The molecule has 1 rings (SSSR count). The molecule has 0 aromatic heterocycles. The molecule has 0 unspecified atom stereocenters. The summed E-state index contributed by atoms with van der Waals surface area (Å²) in [6, 6.07) is 0.799. The van der Waals surface area contributed by atoms with Crippen LogP contribution in [0.15, 0.2) is 0 Å². The molecule has 25 heavy (non-hydrogen) atoms. The van der Waals surface area contributed by atoms with Gasteiger partial charge in [-0.2, -0.15) is 0 Å². The fourth-order valence-electron chi connectivity index (χ4n) is 2.22. The minimum absolute atomic E-state index is 0.200. The van der Waals surface area contributed by atoms with Gasteiger partial charge in [-0.25, -0.2) is 22.0 Å². The Hall–Kier alpha value is -1.03. The van der Waals surface area contributed by atoms with Crippen molar-refractivity contribution >= 4 is 9.76 Å². The zero-order chi connectivity index (χ0) is 18.8. The van der Waals surface area contributed by atoms with E-state index in [-0.39, 0.29) is 6.42 Å². The molecular formula is C16H23F5O3Si. The zero-order valence-corrected chi connectivity index (χ0v) is 15.8. The van der Waals surface area contributed by atoms with Crippen molar-refractivity contribution < 1.29 is 35.9 Å². The number of benzene rings is 1. The maximum Gasteiger partial charge on any atom is 0.261 e.